The minimum atomic E-state index is -4.20. The van der Waals surface area contributed by atoms with Crippen LogP contribution in [0.3, 0.4) is 0 Å². The van der Waals surface area contributed by atoms with Crippen LogP contribution in [-0.2, 0) is 9.05 Å². The molecule has 1 rings (SSSR count). The average molecular weight is 307 g/mol. The SMILES string of the molecule is O=S(=O)(Cl)c1cc(Br)cnc1C(F)F. The van der Waals surface area contributed by atoms with Crippen molar-refractivity contribution < 1.29 is 17.2 Å². The lowest BCUT2D eigenvalue weighted by molar-refractivity contribution is 0.142. The van der Waals surface area contributed by atoms with E-state index in [9.17, 15) is 17.2 Å². The number of pyridine rings is 1. The van der Waals surface area contributed by atoms with E-state index in [1.54, 1.807) is 0 Å². The third-order valence-electron chi connectivity index (χ3n) is 1.32. The Labute approximate surface area is 91.6 Å². The summed E-state index contributed by atoms with van der Waals surface area (Å²) in [7, 11) is 0.757. The quantitative estimate of drug-likeness (QED) is 0.789. The van der Waals surface area contributed by atoms with Crippen molar-refractivity contribution in [3.63, 3.8) is 0 Å². The first-order chi connectivity index (χ1) is 6.32. The van der Waals surface area contributed by atoms with Crippen molar-refractivity contribution in [2.45, 2.75) is 11.3 Å². The Morgan fingerprint density at radius 3 is 2.50 bits per heavy atom. The highest BCUT2D eigenvalue weighted by Crippen LogP contribution is 2.28. The fourth-order valence-corrected chi connectivity index (χ4v) is 2.30. The van der Waals surface area contributed by atoms with Gasteiger partial charge in [0.15, 0.2) is 0 Å². The van der Waals surface area contributed by atoms with Gasteiger partial charge in [-0.1, -0.05) is 0 Å². The lowest BCUT2D eigenvalue weighted by atomic mass is 10.4. The maximum atomic E-state index is 12.3. The highest BCUT2D eigenvalue weighted by Gasteiger charge is 2.23. The second kappa shape index (κ2) is 4.08. The zero-order valence-corrected chi connectivity index (χ0v) is 9.57. The summed E-state index contributed by atoms with van der Waals surface area (Å²) >= 11 is 2.91. The van der Waals surface area contributed by atoms with Gasteiger partial charge in [0.25, 0.3) is 15.5 Å². The smallest absolute Gasteiger partial charge is 0.253 e. The van der Waals surface area contributed by atoms with Crippen LogP contribution in [0.15, 0.2) is 21.6 Å². The van der Waals surface area contributed by atoms with Crippen LogP contribution in [0.4, 0.5) is 8.78 Å². The molecule has 3 nitrogen and oxygen atoms in total. The molecule has 78 valence electrons. The van der Waals surface area contributed by atoms with E-state index in [1.807, 2.05) is 0 Å². The molecule has 0 saturated heterocycles. The third kappa shape index (κ3) is 2.61. The zero-order valence-electron chi connectivity index (χ0n) is 6.42. The first-order valence-corrected chi connectivity index (χ1v) is 6.31. The number of halogens is 4. The predicted octanol–water partition coefficient (Wildman–Crippen LogP) is 2.71. The van der Waals surface area contributed by atoms with Crippen molar-refractivity contribution in [2.75, 3.05) is 0 Å². The summed E-state index contributed by atoms with van der Waals surface area (Å²) in [5, 5.41) is 0. The Balaban J connectivity index is 3.46. The Morgan fingerprint density at radius 1 is 1.50 bits per heavy atom. The minimum absolute atomic E-state index is 0.265. The molecule has 0 aliphatic heterocycles. The molecule has 0 fully saturated rings. The molecule has 0 aromatic carbocycles. The van der Waals surface area contributed by atoms with E-state index >= 15 is 0 Å². The molecule has 0 atom stereocenters. The van der Waals surface area contributed by atoms with Crippen molar-refractivity contribution in [2.24, 2.45) is 0 Å². The maximum absolute atomic E-state index is 12.3. The molecule has 8 heteroatoms. The van der Waals surface area contributed by atoms with Crippen molar-refractivity contribution in [3.05, 3.63) is 22.4 Å². The van der Waals surface area contributed by atoms with E-state index in [1.165, 1.54) is 0 Å². The number of hydrogen-bond acceptors (Lipinski definition) is 3. The fraction of sp³-hybridized carbons (Fsp3) is 0.167. The lowest BCUT2D eigenvalue weighted by Crippen LogP contribution is -2.01. The highest BCUT2D eigenvalue weighted by atomic mass is 79.9. The molecule has 0 saturated carbocycles. The Morgan fingerprint density at radius 2 is 2.07 bits per heavy atom. The third-order valence-corrected chi connectivity index (χ3v) is 3.10. The summed E-state index contributed by atoms with van der Waals surface area (Å²) in [5.74, 6) is 0. The molecule has 0 aliphatic carbocycles. The summed E-state index contributed by atoms with van der Waals surface area (Å²) in [4.78, 5) is 2.61. The first kappa shape index (κ1) is 11.8. The lowest BCUT2D eigenvalue weighted by Gasteiger charge is -2.04. The van der Waals surface area contributed by atoms with Gasteiger partial charge in [0.2, 0.25) is 0 Å². The van der Waals surface area contributed by atoms with Crippen LogP contribution in [-0.4, -0.2) is 13.4 Å². The van der Waals surface area contributed by atoms with Crippen LogP contribution in [0, 0.1) is 0 Å². The molecule has 0 radical (unpaired) electrons. The molecule has 1 aromatic heterocycles. The van der Waals surface area contributed by atoms with E-state index in [2.05, 4.69) is 20.9 Å². The topological polar surface area (TPSA) is 47.0 Å². The van der Waals surface area contributed by atoms with Gasteiger partial charge in [-0.15, -0.1) is 0 Å². The van der Waals surface area contributed by atoms with Gasteiger partial charge in [0.05, 0.1) is 0 Å². The first-order valence-electron chi connectivity index (χ1n) is 3.20. The monoisotopic (exact) mass is 305 g/mol. The summed E-state index contributed by atoms with van der Waals surface area (Å²) in [6.45, 7) is 0. The Kier molecular flexibility index (Phi) is 3.44. The molecular formula is C6H3BrClF2NO2S. The van der Waals surface area contributed by atoms with Crippen LogP contribution in [0.1, 0.15) is 12.1 Å². The van der Waals surface area contributed by atoms with Crippen LogP contribution >= 0.6 is 26.6 Å². The number of nitrogens with zero attached hydrogens (tertiary/aromatic N) is 1. The van der Waals surface area contributed by atoms with E-state index < -0.39 is 26.1 Å². The van der Waals surface area contributed by atoms with Crippen LogP contribution < -0.4 is 0 Å². The number of hydrogen-bond donors (Lipinski definition) is 0. The van der Waals surface area contributed by atoms with E-state index in [-0.39, 0.29) is 4.47 Å². The Hall–Kier alpha value is -0.270. The van der Waals surface area contributed by atoms with Gasteiger partial charge in [-0.3, -0.25) is 4.98 Å². The molecule has 1 heterocycles. The maximum Gasteiger partial charge on any atom is 0.281 e. The van der Waals surface area contributed by atoms with Crippen molar-refractivity contribution >= 4 is 35.7 Å². The van der Waals surface area contributed by atoms with Crippen molar-refractivity contribution in [3.8, 4) is 0 Å². The van der Waals surface area contributed by atoms with Gasteiger partial charge >= 0.3 is 0 Å². The van der Waals surface area contributed by atoms with Crippen LogP contribution in [0.2, 0.25) is 0 Å². The summed E-state index contributed by atoms with van der Waals surface area (Å²) in [6, 6.07) is 0.983. The summed E-state index contributed by atoms with van der Waals surface area (Å²) in [6.07, 6.45) is -1.90. The van der Waals surface area contributed by atoms with Gasteiger partial charge in [0, 0.05) is 21.4 Å². The molecule has 1 aromatic rings. The van der Waals surface area contributed by atoms with Gasteiger partial charge < -0.3 is 0 Å². The van der Waals surface area contributed by atoms with Crippen LogP contribution in [0.25, 0.3) is 0 Å². The van der Waals surface area contributed by atoms with E-state index in [4.69, 9.17) is 10.7 Å². The molecular weight excluding hydrogens is 303 g/mol. The molecule has 0 bridgehead atoms. The van der Waals surface area contributed by atoms with E-state index in [0.29, 0.717) is 0 Å². The number of rotatable bonds is 2. The minimum Gasteiger partial charge on any atom is -0.253 e. The Bertz CT molecular complexity index is 451. The van der Waals surface area contributed by atoms with Gasteiger partial charge in [-0.25, -0.2) is 17.2 Å². The van der Waals surface area contributed by atoms with Gasteiger partial charge in [-0.2, -0.15) is 0 Å². The highest BCUT2D eigenvalue weighted by molar-refractivity contribution is 9.10. The second-order valence-electron chi connectivity index (χ2n) is 2.28. The van der Waals surface area contributed by atoms with Gasteiger partial charge in [0.1, 0.15) is 10.6 Å². The van der Waals surface area contributed by atoms with Crippen molar-refractivity contribution in [1.82, 2.24) is 4.98 Å². The molecule has 0 spiro atoms. The van der Waals surface area contributed by atoms with Gasteiger partial charge in [-0.05, 0) is 22.0 Å². The average Bonchev–Trinajstić information content (AvgIpc) is 2.01. The zero-order chi connectivity index (χ0) is 10.9. The molecule has 14 heavy (non-hydrogen) atoms. The number of alkyl halides is 2. The standard InChI is InChI=1S/C6H3BrClF2NO2S/c7-3-1-4(14(8,12)13)5(6(9)10)11-2-3/h1-2,6H. The molecule has 0 amide bonds. The number of aromatic nitrogens is 1. The summed E-state index contributed by atoms with van der Waals surface area (Å²) < 4.78 is 46.6. The second-order valence-corrected chi connectivity index (χ2v) is 5.73. The fourth-order valence-electron chi connectivity index (χ4n) is 0.790. The molecule has 0 unspecified atom stereocenters. The normalized spacial score (nSPS) is 12.1. The molecule has 0 N–H and O–H groups in total. The molecule has 0 aliphatic rings. The van der Waals surface area contributed by atoms with Crippen molar-refractivity contribution in [1.29, 1.82) is 0 Å². The van der Waals surface area contributed by atoms with E-state index in [0.717, 1.165) is 12.3 Å². The predicted molar refractivity (Wildman–Crippen MR) is 49.9 cm³/mol. The largest absolute Gasteiger partial charge is 0.281 e. The summed E-state index contributed by atoms with van der Waals surface area (Å²) in [5.41, 5.74) is -0.844. The van der Waals surface area contributed by atoms with Crippen LogP contribution in [0.5, 0.6) is 0 Å².